The summed E-state index contributed by atoms with van der Waals surface area (Å²) in [6.07, 6.45) is 1.79. The Kier molecular flexibility index (Phi) is 7.21. The smallest absolute Gasteiger partial charge is 0.191 e. The minimum Gasteiger partial charge on any atom is -0.372 e. The molecule has 0 saturated carbocycles. The molecule has 6 nitrogen and oxygen atoms in total. The van der Waals surface area contributed by atoms with Gasteiger partial charge in [0.25, 0.3) is 0 Å². The predicted octanol–water partition coefficient (Wildman–Crippen LogP) is 3.00. The fourth-order valence-electron chi connectivity index (χ4n) is 2.85. The molecule has 28 heavy (non-hydrogen) atoms. The van der Waals surface area contributed by atoms with E-state index in [1.807, 2.05) is 36.0 Å². The molecule has 1 aromatic heterocycles. The quantitative estimate of drug-likeness (QED) is 0.468. The Bertz CT molecular complexity index is 889. The van der Waals surface area contributed by atoms with Crippen molar-refractivity contribution in [3.8, 4) is 0 Å². The maximum atomic E-state index is 5.83. The minimum atomic E-state index is 0.593. The van der Waals surface area contributed by atoms with Crippen molar-refractivity contribution in [1.29, 1.82) is 0 Å². The van der Waals surface area contributed by atoms with E-state index in [2.05, 4.69) is 57.1 Å². The topological polar surface area (TPSA) is 63.5 Å². The van der Waals surface area contributed by atoms with Crippen molar-refractivity contribution in [2.75, 3.05) is 7.05 Å². The lowest BCUT2D eigenvalue weighted by molar-refractivity contribution is 0.107. The van der Waals surface area contributed by atoms with Gasteiger partial charge < -0.3 is 15.4 Å². The molecule has 0 spiro atoms. The lowest BCUT2D eigenvalue weighted by Crippen LogP contribution is -2.36. The number of guanidine groups is 1. The minimum absolute atomic E-state index is 0.593. The Labute approximate surface area is 166 Å². The summed E-state index contributed by atoms with van der Waals surface area (Å²) in [7, 11) is 3.70. The van der Waals surface area contributed by atoms with Crippen LogP contribution in [0.25, 0.3) is 0 Å². The molecule has 0 radical (unpaired) electrons. The first-order chi connectivity index (χ1) is 13.7. The third-order valence-corrected chi connectivity index (χ3v) is 4.41. The van der Waals surface area contributed by atoms with Crippen LogP contribution in [0, 0.1) is 0 Å². The lowest BCUT2D eigenvalue weighted by Gasteiger charge is -2.13. The summed E-state index contributed by atoms with van der Waals surface area (Å²) in [6, 6.07) is 20.6. The highest BCUT2D eigenvalue weighted by Gasteiger charge is 2.03. The molecule has 0 fully saturated rings. The molecule has 1 heterocycles. The van der Waals surface area contributed by atoms with Crippen LogP contribution in [0.1, 0.15) is 22.4 Å². The van der Waals surface area contributed by atoms with Gasteiger partial charge in [0.05, 0.1) is 25.5 Å². The third kappa shape index (κ3) is 5.96. The molecule has 6 heteroatoms. The van der Waals surface area contributed by atoms with Crippen molar-refractivity contribution in [3.05, 3.63) is 89.2 Å². The number of aryl methyl sites for hydroxylation is 1. The number of ether oxygens (including phenoxy) is 1. The number of nitrogens with one attached hydrogen (secondary N) is 2. The normalized spacial score (nSPS) is 11.4. The number of aromatic nitrogens is 2. The van der Waals surface area contributed by atoms with Crippen molar-refractivity contribution >= 4 is 5.96 Å². The van der Waals surface area contributed by atoms with Gasteiger partial charge in [-0.1, -0.05) is 54.6 Å². The molecule has 0 aliphatic rings. The first-order valence-corrected chi connectivity index (χ1v) is 9.35. The number of aliphatic imine (C=N–C) groups is 1. The highest BCUT2D eigenvalue weighted by molar-refractivity contribution is 5.79. The van der Waals surface area contributed by atoms with Crippen molar-refractivity contribution < 1.29 is 4.74 Å². The maximum Gasteiger partial charge on any atom is 0.191 e. The van der Waals surface area contributed by atoms with Gasteiger partial charge in [-0.05, 0) is 22.8 Å². The molecular weight excluding hydrogens is 350 g/mol. The van der Waals surface area contributed by atoms with Crippen LogP contribution in [-0.4, -0.2) is 22.8 Å². The number of nitrogens with zero attached hydrogens (tertiary/aromatic N) is 3. The molecule has 2 aromatic carbocycles. The van der Waals surface area contributed by atoms with Crippen LogP contribution in [0.5, 0.6) is 0 Å². The predicted molar refractivity (Wildman–Crippen MR) is 112 cm³/mol. The molecule has 0 unspecified atom stereocenters. The zero-order chi connectivity index (χ0) is 19.6. The van der Waals surface area contributed by atoms with Gasteiger partial charge in [0.15, 0.2) is 5.96 Å². The maximum absolute atomic E-state index is 5.83. The van der Waals surface area contributed by atoms with Gasteiger partial charge in [-0.25, -0.2) is 0 Å². The summed E-state index contributed by atoms with van der Waals surface area (Å²) in [5.74, 6) is 0.756. The van der Waals surface area contributed by atoms with Crippen molar-refractivity contribution in [2.24, 2.45) is 12.0 Å². The van der Waals surface area contributed by atoms with E-state index in [0.717, 1.165) is 17.2 Å². The first kappa shape index (κ1) is 19.6. The number of hydrogen-bond donors (Lipinski definition) is 2. The summed E-state index contributed by atoms with van der Waals surface area (Å²) in [6.45, 7) is 2.57. The Hall–Kier alpha value is -3.12. The van der Waals surface area contributed by atoms with E-state index in [1.165, 1.54) is 11.1 Å². The average Bonchev–Trinajstić information content (AvgIpc) is 3.14. The zero-order valence-corrected chi connectivity index (χ0v) is 16.4. The van der Waals surface area contributed by atoms with Gasteiger partial charge in [-0.15, -0.1) is 0 Å². The molecule has 0 aliphatic heterocycles. The molecule has 3 rings (SSSR count). The zero-order valence-electron chi connectivity index (χ0n) is 16.4. The standard InChI is InChI=1S/C22H27N5O/c1-23-22(25-15-21-11-12-26-27(21)2)24-14-19-9-6-10-20(13-19)17-28-16-18-7-4-3-5-8-18/h3-13H,14-17H2,1-2H3,(H2,23,24,25). The summed E-state index contributed by atoms with van der Waals surface area (Å²) in [5, 5.41) is 10.8. The summed E-state index contributed by atoms with van der Waals surface area (Å²) in [4.78, 5) is 4.28. The van der Waals surface area contributed by atoms with E-state index in [-0.39, 0.29) is 0 Å². The van der Waals surface area contributed by atoms with Crippen LogP contribution in [-0.2, 0) is 38.1 Å². The highest BCUT2D eigenvalue weighted by Crippen LogP contribution is 2.09. The Morgan fingerprint density at radius 2 is 1.64 bits per heavy atom. The SMILES string of the molecule is CN=C(NCc1cccc(COCc2ccccc2)c1)NCc1ccnn1C. The average molecular weight is 377 g/mol. The monoisotopic (exact) mass is 377 g/mol. The summed E-state index contributed by atoms with van der Waals surface area (Å²) < 4.78 is 7.68. The molecule has 0 saturated heterocycles. The van der Waals surface area contributed by atoms with Crippen molar-refractivity contribution in [1.82, 2.24) is 20.4 Å². The largest absolute Gasteiger partial charge is 0.372 e. The summed E-state index contributed by atoms with van der Waals surface area (Å²) >= 11 is 0. The number of rotatable bonds is 8. The fraction of sp³-hybridized carbons (Fsp3) is 0.273. The van der Waals surface area contributed by atoms with Gasteiger partial charge in [0.2, 0.25) is 0 Å². The second kappa shape index (κ2) is 10.3. The van der Waals surface area contributed by atoms with Crippen LogP contribution < -0.4 is 10.6 Å². The van der Waals surface area contributed by atoms with Crippen LogP contribution in [0.4, 0.5) is 0 Å². The van der Waals surface area contributed by atoms with Gasteiger partial charge in [0, 0.05) is 26.8 Å². The molecule has 0 bridgehead atoms. The van der Waals surface area contributed by atoms with Crippen LogP contribution in [0.15, 0.2) is 71.9 Å². The van der Waals surface area contributed by atoms with Crippen molar-refractivity contribution in [3.63, 3.8) is 0 Å². The van der Waals surface area contributed by atoms with Gasteiger partial charge in [-0.2, -0.15) is 5.10 Å². The van der Waals surface area contributed by atoms with E-state index in [4.69, 9.17) is 4.74 Å². The molecule has 146 valence electrons. The van der Waals surface area contributed by atoms with Crippen LogP contribution in [0.3, 0.4) is 0 Å². The molecule has 2 N–H and O–H groups in total. The van der Waals surface area contributed by atoms with E-state index in [9.17, 15) is 0 Å². The lowest BCUT2D eigenvalue weighted by atomic mass is 10.1. The third-order valence-electron chi connectivity index (χ3n) is 4.41. The molecule has 0 aliphatic carbocycles. The van der Waals surface area contributed by atoms with Gasteiger partial charge in [0.1, 0.15) is 0 Å². The van der Waals surface area contributed by atoms with Crippen LogP contribution in [0.2, 0.25) is 0 Å². The van der Waals surface area contributed by atoms with Crippen LogP contribution >= 0.6 is 0 Å². The Morgan fingerprint density at radius 3 is 2.39 bits per heavy atom. The van der Waals surface area contributed by atoms with E-state index >= 15 is 0 Å². The number of hydrogen-bond acceptors (Lipinski definition) is 3. The Morgan fingerprint density at radius 1 is 0.929 bits per heavy atom. The van der Waals surface area contributed by atoms with E-state index in [0.29, 0.717) is 26.3 Å². The second-order valence-electron chi connectivity index (χ2n) is 6.52. The van der Waals surface area contributed by atoms with Gasteiger partial charge in [-0.3, -0.25) is 9.67 Å². The first-order valence-electron chi connectivity index (χ1n) is 9.35. The molecule has 0 amide bonds. The second-order valence-corrected chi connectivity index (χ2v) is 6.52. The van der Waals surface area contributed by atoms with Crippen molar-refractivity contribution in [2.45, 2.75) is 26.3 Å². The van der Waals surface area contributed by atoms with E-state index in [1.54, 1.807) is 13.2 Å². The van der Waals surface area contributed by atoms with Gasteiger partial charge >= 0.3 is 0 Å². The summed E-state index contributed by atoms with van der Waals surface area (Å²) in [5.41, 5.74) is 4.63. The molecular formula is C22H27N5O. The number of benzene rings is 2. The fourth-order valence-corrected chi connectivity index (χ4v) is 2.85. The molecule has 0 atom stereocenters. The Balaban J connectivity index is 1.46. The molecule has 3 aromatic rings. The highest BCUT2D eigenvalue weighted by atomic mass is 16.5. The van der Waals surface area contributed by atoms with E-state index < -0.39 is 0 Å².